The van der Waals surface area contributed by atoms with Gasteiger partial charge in [0.2, 0.25) is 0 Å². The van der Waals surface area contributed by atoms with Crippen LogP contribution in [0, 0.1) is 18.6 Å². The Balaban J connectivity index is 2.17. The summed E-state index contributed by atoms with van der Waals surface area (Å²) in [6.07, 6.45) is 0. The van der Waals surface area contributed by atoms with Crippen LogP contribution in [0.4, 0.5) is 8.78 Å². The lowest BCUT2D eigenvalue weighted by Gasteiger charge is -2.10. The minimum absolute atomic E-state index is 0.0221. The fourth-order valence-electron chi connectivity index (χ4n) is 1.74. The normalized spacial score (nSPS) is 10.3. The van der Waals surface area contributed by atoms with Crippen LogP contribution in [0.15, 0.2) is 36.4 Å². The van der Waals surface area contributed by atoms with E-state index in [4.69, 9.17) is 22.7 Å². The fraction of sp³-hybridized carbons (Fsp3) is 0.133. The summed E-state index contributed by atoms with van der Waals surface area (Å²) in [4.78, 5) is -0.0221. The Morgan fingerprint density at radius 1 is 1.25 bits per heavy atom. The molecule has 0 radical (unpaired) electrons. The Labute approximate surface area is 121 Å². The van der Waals surface area contributed by atoms with E-state index in [0.29, 0.717) is 11.1 Å². The standard InChI is InChI=1S/C15H13F2NOS/c1-9-3-2-4-13(14(9)17)19-8-10-5-6-12(16)11(7-10)15(18)20/h2-7H,8H2,1H3,(H2,18,20). The first-order valence-electron chi connectivity index (χ1n) is 5.95. The van der Waals surface area contributed by atoms with Gasteiger partial charge in [0.15, 0.2) is 11.6 Å². The Hall–Kier alpha value is -2.01. The summed E-state index contributed by atoms with van der Waals surface area (Å²) in [7, 11) is 0. The third kappa shape index (κ3) is 3.11. The molecule has 0 fully saturated rings. The molecule has 0 atom stereocenters. The van der Waals surface area contributed by atoms with Gasteiger partial charge in [0.25, 0.3) is 0 Å². The Morgan fingerprint density at radius 2 is 2.00 bits per heavy atom. The number of halogens is 2. The van der Waals surface area contributed by atoms with Gasteiger partial charge in [-0.15, -0.1) is 0 Å². The molecule has 0 bridgehead atoms. The van der Waals surface area contributed by atoms with Crippen LogP contribution in [-0.4, -0.2) is 4.99 Å². The van der Waals surface area contributed by atoms with Crippen LogP contribution >= 0.6 is 12.2 Å². The maximum Gasteiger partial charge on any atom is 0.167 e. The molecule has 5 heteroatoms. The SMILES string of the molecule is Cc1cccc(OCc2ccc(F)c(C(N)=S)c2)c1F. The molecule has 104 valence electrons. The molecule has 0 aliphatic carbocycles. The maximum absolute atomic E-state index is 13.8. The first-order valence-corrected chi connectivity index (χ1v) is 6.36. The predicted molar refractivity (Wildman–Crippen MR) is 77.8 cm³/mol. The lowest BCUT2D eigenvalue weighted by atomic mass is 10.1. The maximum atomic E-state index is 13.8. The van der Waals surface area contributed by atoms with Crippen molar-refractivity contribution in [3.8, 4) is 5.75 Å². The Morgan fingerprint density at radius 3 is 2.70 bits per heavy atom. The molecule has 2 rings (SSSR count). The highest BCUT2D eigenvalue weighted by atomic mass is 32.1. The second kappa shape index (κ2) is 5.96. The van der Waals surface area contributed by atoms with E-state index in [0.717, 1.165) is 0 Å². The molecule has 0 heterocycles. The average molecular weight is 293 g/mol. The van der Waals surface area contributed by atoms with Crippen LogP contribution in [0.5, 0.6) is 5.75 Å². The van der Waals surface area contributed by atoms with Crippen molar-refractivity contribution >= 4 is 17.2 Å². The van der Waals surface area contributed by atoms with Gasteiger partial charge >= 0.3 is 0 Å². The van der Waals surface area contributed by atoms with E-state index in [1.54, 1.807) is 31.2 Å². The second-order valence-corrected chi connectivity index (χ2v) is 4.79. The average Bonchev–Trinajstić information content (AvgIpc) is 2.41. The molecule has 0 amide bonds. The molecule has 0 aromatic heterocycles. The molecular weight excluding hydrogens is 280 g/mol. The number of nitrogens with two attached hydrogens (primary N) is 1. The number of hydrogen-bond acceptors (Lipinski definition) is 2. The quantitative estimate of drug-likeness (QED) is 0.877. The first-order chi connectivity index (χ1) is 9.49. The highest BCUT2D eigenvalue weighted by molar-refractivity contribution is 7.80. The molecule has 2 aromatic rings. The van der Waals surface area contributed by atoms with E-state index in [2.05, 4.69) is 0 Å². The highest BCUT2D eigenvalue weighted by Gasteiger charge is 2.09. The fourth-order valence-corrected chi connectivity index (χ4v) is 1.90. The summed E-state index contributed by atoms with van der Waals surface area (Å²) in [5, 5.41) is 0. The van der Waals surface area contributed by atoms with E-state index in [-0.39, 0.29) is 22.9 Å². The van der Waals surface area contributed by atoms with Crippen molar-refractivity contribution in [3.05, 3.63) is 64.7 Å². The van der Waals surface area contributed by atoms with Gasteiger partial charge in [-0.1, -0.05) is 30.4 Å². The monoisotopic (exact) mass is 293 g/mol. The van der Waals surface area contributed by atoms with Gasteiger partial charge in [0.1, 0.15) is 17.4 Å². The van der Waals surface area contributed by atoms with E-state index in [1.165, 1.54) is 12.1 Å². The molecule has 2 aromatic carbocycles. The molecule has 0 saturated carbocycles. The highest BCUT2D eigenvalue weighted by Crippen LogP contribution is 2.21. The molecule has 2 nitrogen and oxygen atoms in total. The zero-order valence-electron chi connectivity index (χ0n) is 10.8. The van der Waals surface area contributed by atoms with Crippen LogP contribution in [0.25, 0.3) is 0 Å². The zero-order chi connectivity index (χ0) is 14.7. The van der Waals surface area contributed by atoms with Gasteiger partial charge in [-0.05, 0) is 36.2 Å². The predicted octanol–water partition coefficient (Wildman–Crippen LogP) is 3.49. The van der Waals surface area contributed by atoms with Crippen molar-refractivity contribution in [1.29, 1.82) is 0 Å². The van der Waals surface area contributed by atoms with Gasteiger partial charge in [-0.25, -0.2) is 8.78 Å². The van der Waals surface area contributed by atoms with Crippen LogP contribution in [0.1, 0.15) is 16.7 Å². The second-order valence-electron chi connectivity index (χ2n) is 4.35. The van der Waals surface area contributed by atoms with E-state index < -0.39 is 11.6 Å². The van der Waals surface area contributed by atoms with Gasteiger partial charge in [-0.3, -0.25) is 0 Å². The van der Waals surface area contributed by atoms with Crippen LogP contribution in [0.2, 0.25) is 0 Å². The first kappa shape index (κ1) is 14.4. The van der Waals surface area contributed by atoms with Gasteiger partial charge in [0.05, 0.1) is 0 Å². The van der Waals surface area contributed by atoms with Gasteiger partial charge in [-0.2, -0.15) is 0 Å². The molecule has 2 N–H and O–H groups in total. The van der Waals surface area contributed by atoms with Crippen molar-refractivity contribution < 1.29 is 13.5 Å². The lowest BCUT2D eigenvalue weighted by Crippen LogP contribution is -2.12. The number of aryl methyl sites for hydroxylation is 1. The molecule has 0 aliphatic rings. The van der Waals surface area contributed by atoms with Crippen molar-refractivity contribution in [2.24, 2.45) is 5.73 Å². The number of rotatable bonds is 4. The van der Waals surface area contributed by atoms with Crippen molar-refractivity contribution in [2.75, 3.05) is 0 Å². The van der Waals surface area contributed by atoms with Crippen LogP contribution < -0.4 is 10.5 Å². The molecule has 0 aliphatic heterocycles. The Bertz CT molecular complexity index is 658. The molecule has 0 saturated heterocycles. The lowest BCUT2D eigenvalue weighted by molar-refractivity contribution is 0.289. The van der Waals surface area contributed by atoms with E-state index in [1.807, 2.05) is 0 Å². The third-order valence-corrected chi connectivity index (χ3v) is 3.07. The topological polar surface area (TPSA) is 35.2 Å². The number of thiocarbonyl (C=S) groups is 1. The largest absolute Gasteiger partial charge is 0.486 e. The van der Waals surface area contributed by atoms with Crippen LogP contribution in [-0.2, 0) is 6.61 Å². The minimum atomic E-state index is -0.483. The van der Waals surface area contributed by atoms with E-state index >= 15 is 0 Å². The van der Waals surface area contributed by atoms with Crippen molar-refractivity contribution in [2.45, 2.75) is 13.5 Å². The minimum Gasteiger partial charge on any atom is -0.486 e. The van der Waals surface area contributed by atoms with Crippen molar-refractivity contribution in [3.63, 3.8) is 0 Å². The summed E-state index contributed by atoms with van der Waals surface area (Å²) >= 11 is 4.76. The summed E-state index contributed by atoms with van der Waals surface area (Å²) < 4.78 is 32.6. The Kier molecular flexibility index (Phi) is 4.29. The summed E-state index contributed by atoms with van der Waals surface area (Å²) in [5.74, 6) is -0.724. The molecule has 0 unspecified atom stereocenters. The molecule has 0 spiro atoms. The third-order valence-electron chi connectivity index (χ3n) is 2.85. The van der Waals surface area contributed by atoms with E-state index in [9.17, 15) is 8.78 Å². The smallest absolute Gasteiger partial charge is 0.167 e. The van der Waals surface area contributed by atoms with Gasteiger partial charge in [0, 0.05) is 5.56 Å². The van der Waals surface area contributed by atoms with Crippen molar-refractivity contribution in [1.82, 2.24) is 0 Å². The molecule has 20 heavy (non-hydrogen) atoms. The van der Waals surface area contributed by atoms with Crippen LogP contribution in [0.3, 0.4) is 0 Å². The molecular formula is C15H13F2NOS. The summed E-state index contributed by atoms with van der Waals surface area (Å²) in [6.45, 7) is 1.77. The number of hydrogen-bond donors (Lipinski definition) is 1. The number of ether oxygens (including phenoxy) is 1. The summed E-state index contributed by atoms with van der Waals surface area (Å²) in [5.41, 5.74) is 6.75. The van der Waals surface area contributed by atoms with Gasteiger partial charge < -0.3 is 10.5 Å². The number of benzene rings is 2. The summed E-state index contributed by atoms with van der Waals surface area (Å²) in [6, 6.07) is 9.22. The zero-order valence-corrected chi connectivity index (χ0v) is 11.6.